The third-order valence-corrected chi connectivity index (χ3v) is 4.16. The molecule has 0 bridgehead atoms. The van der Waals surface area contributed by atoms with Gasteiger partial charge < -0.3 is 15.5 Å². The molecule has 0 aliphatic heterocycles. The summed E-state index contributed by atoms with van der Waals surface area (Å²) in [7, 11) is 0. The van der Waals surface area contributed by atoms with E-state index in [0.29, 0.717) is 5.82 Å². The fraction of sp³-hybridized carbons (Fsp3) is 0.412. The van der Waals surface area contributed by atoms with Crippen LogP contribution in [0.15, 0.2) is 36.4 Å². The minimum absolute atomic E-state index is 0.0493. The molecule has 124 valence electrons. The van der Waals surface area contributed by atoms with Crippen LogP contribution in [-0.4, -0.2) is 38.1 Å². The molecule has 0 saturated heterocycles. The van der Waals surface area contributed by atoms with Gasteiger partial charge >= 0.3 is 5.97 Å². The second-order valence-electron chi connectivity index (χ2n) is 6.84. The Labute approximate surface area is 135 Å². The van der Waals surface area contributed by atoms with Gasteiger partial charge in [0.1, 0.15) is 5.82 Å². The predicted molar refractivity (Wildman–Crippen MR) is 89.1 cm³/mol. The molecule has 0 saturated carbocycles. The van der Waals surface area contributed by atoms with Crippen LogP contribution in [0.3, 0.4) is 0 Å². The Morgan fingerprint density at radius 1 is 1.22 bits per heavy atom. The quantitative estimate of drug-likeness (QED) is 0.789. The zero-order chi connectivity index (χ0) is 17.3. The van der Waals surface area contributed by atoms with Gasteiger partial charge in [-0.2, -0.15) is 5.10 Å². The average molecular weight is 317 g/mol. The number of aliphatic hydroxyl groups is 1. The second kappa shape index (κ2) is 6.04. The lowest BCUT2D eigenvalue weighted by atomic mass is 9.78. The molecule has 1 aromatic heterocycles. The number of para-hydroxylation sites is 1. The maximum absolute atomic E-state index is 11.2. The van der Waals surface area contributed by atoms with E-state index in [0.717, 1.165) is 5.69 Å². The fourth-order valence-electron chi connectivity index (χ4n) is 1.91. The molecule has 2 aromatic rings. The number of aromatic carboxylic acids is 1. The van der Waals surface area contributed by atoms with Gasteiger partial charge in [0.05, 0.1) is 11.3 Å². The van der Waals surface area contributed by atoms with E-state index in [-0.39, 0.29) is 17.7 Å². The highest BCUT2D eigenvalue weighted by molar-refractivity contribution is 5.86. The first-order valence-corrected chi connectivity index (χ1v) is 7.47. The van der Waals surface area contributed by atoms with Gasteiger partial charge in [-0.1, -0.05) is 39.0 Å². The summed E-state index contributed by atoms with van der Waals surface area (Å²) in [6, 6.07) is 10.7. The van der Waals surface area contributed by atoms with E-state index in [1.54, 1.807) is 6.92 Å². The molecule has 1 aromatic carbocycles. The van der Waals surface area contributed by atoms with Crippen molar-refractivity contribution in [2.75, 3.05) is 11.9 Å². The van der Waals surface area contributed by atoms with Crippen molar-refractivity contribution >= 4 is 11.8 Å². The van der Waals surface area contributed by atoms with Crippen LogP contribution in [0.25, 0.3) is 5.69 Å². The summed E-state index contributed by atoms with van der Waals surface area (Å²) in [5.74, 6) is -0.566. The number of nitrogens with zero attached hydrogens (tertiary/aromatic N) is 2. The Kier molecular flexibility index (Phi) is 4.47. The Bertz CT molecular complexity index is 685. The lowest BCUT2D eigenvalue weighted by molar-refractivity contribution is -0.0291. The average Bonchev–Trinajstić information content (AvgIpc) is 2.89. The van der Waals surface area contributed by atoms with Gasteiger partial charge in [-0.25, -0.2) is 9.48 Å². The first kappa shape index (κ1) is 17.0. The first-order chi connectivity index (χ1) is 10.6. The van der Waals surface area contributed by atoms with E-state index in [4.69, 9.17) is 0 Å². The molecule has 23 heavy (non-hydrogen) atoms. The smallest absolute Gasteiger partial charge is 0.356 e. The summed E-state index contributed by atoms with van der Waals surface area (Å²) >= 11 is 0. The standard InChI is InChI=1S/C17H23N3O3/c1-16(2,3)17(4,23)11-18-14-10-13(15(21)22)19-20(14)12-8-6-5-7-9-12/h5-10,18,23H,11H2,1-4H3,(H,21,22). The number of carbonyl (C=O) groups is 1. The lowest BCUT2D eigenvalue weighted by Crippen LogP contribution is -2.45. The number of nitrogens with one attached hydrogen (secondary N) is 1. The topological polar surface area (TPSA) is 87.4 Å². The summed E-state index contributed by atoms with van der Waals surface area (Å²) in [5.41, 5.74) is -0.597. The lowest BCUT2D eigenvalue weighted by Gasteiger charge is -2.37. The Morgan fingerprint density at radius 3 is 2.35 bits per heavy atom. The van der Waals surface area contributed by atoms with Gasteiger partial charge in [-0.15, -0.1) is 0 Å². The second-order valence-corrected chi connectivity index (χ2v) is 6.84. The van der Waals surface area contributed by atoms with Crippen LogP contribution < -0.4 is 5.32 Å². The molecule has 0 radical (unpaired) electrons. The van der Waals surface area contributed by atoms with E-state index in [1.165, 1.54) is 10.7 Å². The van der Waals surface area contributed by atoms with Crippen molar-refractivity contribution in [3.05, 3.63) is 42.1 Å². The maximum Gasteiger partial charge on any atom is 0.356 e. The number of hydrogen-bond donors (Lipinski definition) is 3. The molecule has 6 nitrogen and oxygen atoms in total. The minimum atomic E-state index is -1.09. The summed E-state index contributed by atoms with van der Waals surface area (Å²) < 4.78 is 1.53. The maximum atomic E-state index is 11.2. The van der Waals surface area contributed by atoms with Crippen LogP contribution >= 0.6 is 0 Å². The Hall–Kier alpha value is -2.34. The molecular weight excluding hydrogens is 294 g/mol. The molecule has 0 amide bonds. The van der Waals surface area contributed by atoms with Crippen molar-refractivity contribution in [3.8, 4) is 5.69 Å². The Morgan fingerprint density at radius 2 is 1.83 bits per heavy atom. The minimum Gasteiger partial charge on any atom is -0.476 e. The zero-order valence-electron chi connectivity index (χ0n) is 13.9. The van der Waals surface area contributed by atoms with Gasteiger partial charge in [0.2, 0.25) is 0 Å². The molecule has 0 aliphatic rings. The van der Waals surface area contributed by atoms with Crippen molar-refractivity contribution in [1.29, 1.82) is 0 Å². The van der Waals surface area contributed by atoms with Crippen molar-refractivity contribution in [1.82, 2.24) is 9.78 Å². The molecule has 3 N–H and O–H groups in total. The van der Waals surface area contributed by atoms with E-state index < -0.39 is 11.6 Å². The van der Waals surface area contributed by atoms with Gasteiger partial charge in [-0.05, 0) is 24.5 Å². The third-order valence-electron chi connectivity index (χ3n) is 4.16. The third kappa shape index (κ3) is 3.71. The SMILES string of the molecule is CC(C)(C)C(C)(O)CNc1cc(C(=O)O)nn1-c1ccccc1. The molecule has 0 spiro atoms. The van der Waals surface area contributed by atoms with E-state index in [1.807, 2.05) is 51.1 Å². The van der Waals surface area contributed by atoms with Gasteiger partial charge in [-0.3, -0.25) is 0 Å². The van der Waals surface area contributed by atoms with Crippen molar-refractivity contribution < 1.29 is 15.0 Å². The summed E-state index contributed by atoms with van der Waals surface area (Å²) in [4.78, 5) is 11.2. The number of anilines is 1. The van der Waals surface area contributed by atoms with Crippen LogP contribution in [0.1, 0.15) is 38.2 Å². The number of aromatic nitrogens is 2. The van der Waals surface area contributed by atoms with E-state index in [9.17, 15) is 15.0 Å². The van der Waals surface area contributed by atoms with Gasteiger partial charge in [0, 0.05) is 12.6 Å². The molecule has 1 unspecified atom stereocenters. The number of carboxylic acid groups (broad SMARTS) is 1. The Balaban J connectivity index is 2.33. The van der Waals surface area contributed by atoms with Gasteiger partial charge in [0.15, 0.2) is 5.69 Å². The molecular formula is C17H23N3O3. The van der Waals surface area contributed by atoms with Crippen LogP contribution in [0.2, 0.25) is 0 Å². The first-order valence-electron chi connectivity index (χ1n) is 7.47. The largest absolute Gasteiger partial charge is 0.476 e. The number of benzene rings is 1. The van der Waals surface area contributed by atoms with Crippen molar-refractivity contribution in [3.63, 3.8) is 0 Å². The molecule has 0 aliphatic carbocycles. The number of rotatable bonds is 5. The highest BCUT2D eigenvalue weighted by atomic mass is 16.4. The number of carboxylic acids is 1. The highest BCUT2D eigenvalue weighted by Gasteiger charge is 2.35. The molecule has 0 fully saturated rings. The van der Waals surface area contributed by atoms with E-state index >= 15 is 0 Å². The van der Waals surface area contributed by atoms with E-state index in [2.05, 4.69) is 10.4 Å². The molecule has 1 heterocycles. The summed E-state index contributed by atoms with van der Waals surface area (Å²) in [5, 5.41) is 27.0. The van der Waals surface area contributed by atoms with Crippen molar-refractivity contribution in [2.24, 2.45) is 5.41 Å². The van der Waals surface area contributed by atoms with Crippen LogP contribution in [0.5, 0.6) is 0 Å². The summed E-state index contributed by atoms with van der Waals surface area (Å²) in [6.07, 6.45) is 0. The van der Waals surface area contributed by atoms with Crippen LogP contribution in [0.4, 0.5) is 5.82 Å². The molecule has 6 heteroatoms. The number of hydrogen-bond acceptors (Lipinski definition) is 4. The van der Waals surface area contributed by atoms with Crippen LogP contribution in [0, 0.1) is 5.41 Å². The molecule has 1 atom stereocenters. The summed E-state index contributed by atoms with van der Waals surface area (Å²) in [6.45, 7) is 7.87. The van der Waals surface area contributed by atoms with Crippen LogP contribution in [-0.2, 0) is 0 Å². The molecule has 2 rings (SSSR count). The highest BCUT2D eigenvalue weighted by Crippen LogP contribution is 2.30. The van der Waals surface area contributed by atoms with Gasteiger partial charge in [0.25, 0.3) is 0 Å². The zero-order valence-corrected chi connectivity index (χ0v) is 13.9. The normalized spacial score (nSPS) is 14.3. The predicted octanol–water partition coefficient (Wildman–Crippen LogP) is 2.78. The monoisotopic (exact) mass is 317 g/mol. The fourth-order valence-corrected chi connectivity index (χ4v) is 1.91. The van der Waals surface area contributed by atoms with Crippen molar-refractivity contribution in [2.45, 2.75) is 33.3 Å².